The maximum absolute atomic E-state index is 8.17. The van der Waals surface area contributed by atoms with E-state index in [1.807, 2.05) is 0 Å². The highest BCUT2D eigenvalue weighted by Gasteiger charge is 2.20. The van der Waals surface area contributed by atoms with Gasteiger partial charge in [0.2, 0.25) is 0 Å². The lowest BCUT2D eigenvalue weighted by Crippen LogP contribution is -2.19. The summed E-state index contributed by atoms with van der Waals surface area (Å²) in [6.07, 6.45) is 6.77. The Morgan fingerprint density at radius 3 is 2.67 bits per heavy atom. The number of alkyl halides is 1. The standard InChI is InChI=1S/C8H14IN3/c9-8(6-11-12-10)7-4-2-1-3-5-7/h7-8H,1-6H2. The molecule has 12 heavy (non-hydrogen) atoms. The first-order valence-corrected chi connectivity index (χ1v) is 5.74. The molecule has 1 fully saturated rings. The molecule has 0 bridgehead atoms. The summed E-state index contributed by atoms with van der Waals surface area (Å²) in [7, 11) is 0. The van der Waals surface area contributed by atoms with E-state index < -0.39 is 0 Å². The van der Waals surface area contributed by atoms with Crippen molar-refractivity contribution in [2.75, 3.05) is 6.54 Å². The van der Waals surface area contributed by atoms with Crippen molar-refractivity contribution in [2.24, 2.45) is 11.0 Å². The van der Waals surface area contributed by atoms with Gasteiger partial charge in [-0.2, -0.15) is 0 Å². The topological polar surface area (TPSA) is 48.8 Å². The molecule has 0 N–H and O–H groups in total. The Morgan fingerprint density at radius 1 is 1.42 bits per heavy atom. The first-order valence-electron chi connectivity index (χ1n) is 4.49. The molecule has 1 rings (SSSR count). The number of nitrogens with zero attached hydrogens (tertiary/aromatic N) is 3. The highest BCUT2D eigenvalue weighted by molar-refractivity contribution is 14.1. The number of halogens is 1. The number of hydrogen-bond donors (Lipinski definition) is 0. The van der Waals surface area contributed by atoms with Crippen LogP contribution in [0.5, 0.6) is 0 Å². The van der Waals surface area contributed by atoms with Crippen LogP contribution in [0.4, 0.5) is 0 Å². The summed E-state index contributed by atoms with van der Waals surface area (Å²) >= 11 is 2.42. The Bertz CT molecular complexity index is 171. The van der Waals surface area contributed by atoms with Crippen molar-refractivity contribution in [3.63, 3.8) is 0 Å². The molecule has 1 aliphatic carbocycles. The van der Waals surface area contributed by atoms with E-state index in [-0.39, 0.29) is 0 Å². The summed E-state index contributed by atoms with van der Waals surface area (Å²) in [5.41, 5.74) is 8.17. The predicted octanol–water partition coefficient (Wildman–Crippen LogP) is 3.68. The molecular weight excluding hydrogens is 265 g/mol. The molecule has 1 aliphatic rings. The summed E-state index contributed by atoms with van der Waals surface area (Å²) in [6.45, 7) is 0.668. The minimum Gasteiger partial charge on any atom is -0.0929 e. The van der Waals surface area contributed by atoms with Crippen molar-refractivity contribution in [2.45, 2.75) is 36.0 Å². The smallest absolute Gasteiger partial charge is 0.0378 e. The minimum absolute atomic E-state index is 0.554. The van der Waals surface area contributed by atoms with Gasteiger partial charge in [-0.1, -0.05) is 47.0 Å². The lowest BCUT2D eigenvalue weighted by Gasteiger charge is -2.25. The van der Waals surface area contributed by atoms with E-state index in [1.165, 1.54) is 32.1 Å². The average molecular weight is 279 g/mol. The second-order valence-corrected chi connectivity index (χ2v) is 4.93. The number of azide groups is 1. The Balaban J connectivity index is 2.28. The van der Waals surface area contributed by atoms with E-state index in [0.717, 1.165) is 5.92 Å². The molecule has 0 spiro atoms. The predicted molar refractivity (Wildman–Crippen MR) is 58.4 cm³/mol. The van der Waals surface area contributed by atoms with Crippen molar-refractivity contribution in [3.8, 4) is 0 Å². The van der Waals surface area contributed by atoms with E-state index >= 15 is 0 Å². The van der Waals surface area contributed by atoms with Crippen molar-refractivity contribution < 1.29 is 0 Å². The highest BCUT2D eigenvalue weighted by atomic mass is 127. The molecule has 0 aliphatic heterocycles. The van der Waals surface area contributed by atoms with Gasteiger partial charge in [0.05, 0.1) is 0 Å². The van der Waals surface area contributed by atoms with Crippen LogP contribution in [0.25, 0.3) is 10.4 Å². The molecule has 1 atom stereocenters. The molecular formula is C8H14IN3. The van der Waals surface area contributed by atoms with E-state index in [2.05, 4.69) is 32.6 Å². The van der Waals surface area contributed by atoms with Crippen molar-refractivity contribution in [1.29, 1.82) is 0 Å². The van der Waals surface area contributed by atoms with Crippen LogP contribution >= 0.6 is 22.6 Å². The lowest BCUT2D eigenvalue weighted by atomic mass is 9.87. The average Bonchev–Trinajstić information content (AvgIpc) is 2.15. The fourth-order valence-electron chi connectivity index (χ4n) is 1.76. The van der Waals surface area contributed by atoms with Crippen LogP contribution in [0.1, 0.15) is 32.1 Å². The van der Waals surface area contributed by atoms with Gasteiger partial charge in [-0.3, -0.25) is 0 Å². The van der Waals surface area contributed by atoms with E-state index in [1.54, 1.807) is 0 Å². The first-order chi connectivity index (χ1) is 5.84. The van der Waals surface area contributed by atoms with Crippen LogP contribution in [-0.2, 0) is 0 Å². The maximum Gasteiger partial charge on any atom is 0.0378 e. The van der Waals surface area contributed by atoms with Gasteiger partial charge >= 0.3 is 0 Å². The van der Waals surface area contributed by atoms with Crippen LogP contribution in [0.3, 0.4) is 0 Å². The Labute approximate surface area is 86.7 Å². The molecule has 0 aromatic rings. The second-order valence-electron chi connectivity index (χ2n) is 3.33. The minimum atomic E-state index is 0.554. The zero-order chi connectivity index (χ0) is 8.81. The molecule has 3 nitrogen and oxygen atoms in total. The highest BCUT2D eigenvalue weighted by Crippen LogP contribution is 2.30. The van der Waals surface area contributed by atoms with Gasteiger partial charge in [-0.05, 0) is 24.3 Å². The molecule has 0 radical (unpaired) electrons. The lowest BCUT2D eigenvalue weighted by molar-refractivity contribution is 0.357. The monoisotopic (exact) mass is 279 g/mol. The molecule has 1 unspecified atom stereocenters. The summed E-state index contributed by atoms with van der Waals surface area (Å²) in [5.74, 6) is 0.796. The van der Waals surface area contributed by atoms with Crippen LogP contribution in [0.15, 0.2) is 5.11 Å². The SMILES string of the molecule is [N-]=[N+]=NCC(I)C1CCCCC1. The Kier molecular flexibility index (Phi) is 4.76. The van der Waals surface area contributed by atoms with Gasteiger partial charge in [0.15, 0.2) is 0 Å². The molecule has 1 saturated carbocycles. The third-order valence-corrected chi connectivity index (χ3v) is 3.89. The van der Waals surface area contributed by atoms with Gasteiger partial charge in [-0.25, -0.2) is 0 Å². The van der Waals surface area contributed by atoms with Crippen molar-refractivity contribution in [3.05, 3.63) is 10.4 Å². The van der Waals surface area contributed by atoms with Crippen LogP contribution in [0, 0.1) is 5.92 Å². The molecule has 0 aromatic heterocycles. The molecule has 0 heterocycles. The van der Waals surface area contributed by atoms with E-state index in [4.69, 9.17) is 5.53 Å². The van der Waals surface area contributed by atoms with Crippen LogP contribution < -0.4 is 0 Å². The van der Waals surface area contributed by atoms with Gasteiger partial charge in [0.1, 0.15) is 0 Å². The molecule has 0 saturated heterocycles. The first kappa shape index (κ1) is 10.1. The third kappa shape index (κ3) is 3.19. The largest absolute Gasteiger partial charge is 0.0929 e. The fourth-order valence-corrected chi connectivity index (χ4v) is 2.65. The molecule has 4 heteroatoms. The number of hydrogen-bond acceptors (Lipinski definition) is 1. The maximum atomic E-state index is 8.17. The van der Waals surface area contributed by atoms with Crippen molar-refractivity contribution in [1.82, 2.24) is 0 Å². The molecule has 0 aromatic carbocycles. The fraction of sp³-hybridized carbons (Fsp3) is 1.00. The summed E-state index contributed by atoms with van der Waals surface area (Å²) in [5, 5.41) is 3.62. The molecule has 68 valence electrons. The quantitative estimate of drug-likeness (QED) is 0.249. The van der Waals surface area contributed by atoms with E-state index in [9.17, 15) is 0 Å². The van der Waals surface area contributed by atoms with Gasteiger partial charge < -0.3 is 0 Å². The van der Waals surface area contributed by atoms with Crippen LogP contribution in [0.2, 0.25) is 0 Å². The van der Waals surface area contributed by atoms with E-state index in [0.29, 0.717) is 10.5 Å². The van der Waals surface area contributed by atoms with Gasteiger partial charge in [0, 0.05) is 15.4 Å². The summed E-state index contributed by atoms with van der Waals surface area (Å²) in [6, 6.07) is 0. The summed E-state index contributed by atoms with van der Waals surface area (Å²) in [4.78, 5) is 2.79. The van der Waals surface area contributed by atoms with Gasteiger partial charge in [0.25, 0.3) is 0 Å². The molecule has 0 amide bonds. The summed E-state index contributed by atoms with van der Waals surface area (Å²) < 4.78 is 0.554. The van der Waals surface area contributed by atoms with Crippen LogP contribution in [-0.4, -0.2) is 10.5 Å². The Morgan fingerprint density at radius 2 is 2.08 bits per heavy atom. The van der Waals surface area contributed by atoms with Crippen molar-refractivity contribution >= 4 is 22.6 Å². The normalized spacial score (nSPS) is 21.4. The second kappa shape index (κ2) is 5.65. The third-order valence-electron chi connectivity index (χ3n) is 2.48. The zero-order valence-electron chi connectivity index (χ0n) is 7.12. The van der Waals surface area contributed by atoms with Gasteiger partial charge in [-0.15, -0.1) is 0 Å². The Hall–Kier alpha value is 0.0400. The number of rotatable bonds is 3. The zero-order valence-corrected chi connectivity index (χ0v) is 9.27.